The van der Waals surface area contributed by atoms with Gasteiger partial charge in [0.2, 0.25) is 0 Å². The van der Waals surface area contributed by atoms with E-state index < -0.39 is 16.0 Å². The topological polar surface area (TPSA) is 113 Å². The molecule has 0 bridgehead atoms. The third-order valence-corrected chi connectivity index (χ3v) is 6.46. The molecule has 0 fully saturated rings. The molecule has 0 atom stereocenters. The monoisotopic (exact) mass is 574 g/mol. The van der Waals surface area contributed by atoms with Crippen molar-refractivity contribution < 1.29 is 31.6 Å². The molecule has 188 valence electrons. The van der Waals surface area contributed by atoms with Gasteiger partial charge >= 0.3 is 10.1 Å². The maximum atomic E-state index is 12.6. The van der Waals surface area contributed by atoms with E-state index in [9.17, 15) is 13.2 Å². The Morgan fingerprint density at radius 3 is 2.42 bits per heavy atom. The lowest BCUT2D eigenvalue weighted by atomic mass is 10.2. The van der Waals surface area contributed by atoms with Crippen molar-refractivity contribution in [2.45, 2.75) is 4.90 Å². The number of amides is 1. The summed E-state index contributed by atoms with van der Waals surface area (Å²) in [7, 11) is -1.23. The second kappa shape index (κ2) is 12.2. The summed E-state index contributed by atoms with van der Waals surface area (Å²) in [5.74, 6) is 0.527. The molecule has 1 amide bonds. The molecule has 3 aromatic rings. The third-order valence-electron chi connectivity index (χ3n) is 4.64. The van der Waals surface area contributed by atoms with E-state index in [0.717, 1.165) is 0 Å². The minimum absolute atomic E-state index is 0.00392. The quantitative estimate of drug-likeness (QED) is 0.154. The average molecular weight is 575 g/mol. The Bertz CT molecular complexity index is 1380. The molecule has 9 nitrogen and oxygen atoms in total. The number of hydrogen-bond acceptors (Lipinski definition) is 8. The lowest BCUT2D eigenvalue weighted by Crippen LogP contribution is -2.17. The summed E-state index contributed by atoms with van der Waals surface area (Å²) < 4.78 is 46.9. The fourth-order valence-corrected chi connectivity index (χ4v) is 4.57. The Balaban J connectivity index is 1.75. The summed E-state index contributed by atoms with van der Waals surface area (Å²) in [5, 5.41) is 3.97. The molecule has 3 aromatic carbocycles. The van der Waals surface area contributed by atoms with Gasteiger partial charge in [-0.2, -0.15) is 13.5 Å². The molecule has 0 unspecified atom stereocenters. The zero-order chi connectivity index (χ0) is 26.1. The van der Waals surface area contributed by atoms with Gasteiger partial charge < -0.3 is 18.4 Å². The average Bonchev–Trinajstić information content (AvgIpc) is 2.89. The molecule has 0 aliphatic heterocycles. The van der Waals surface area contributed by atoms with E-state index in [1.165, 1.54) is 44.7 Å². The van der Waals surface area contributed by atoms with Crippen LogP contribution in [0, 0.1) is 0 Å². The maximum Gasteiger partial charge on any atom is 0.339 e. The Morgan fingerprint density at radius 2 is 1.75 bits per heavy atom. The van der Waals surface area contributed by atoms with Crippen LogP contribution in [0.25, 0.3) is 0 Å². The summed E-state index contributed by atoms with van der Waals surface area (Å²) in [6.45, 7) is 3.89. The van der Waals surface area contributed by atoms with Crippen LogP contribution in [0.4, 0.5) is 0 Å². The van der Waals surface area contributed by atoms with E-state index in [1.807, 2.05) is 0 Å². The SMILES string of the molecule is C=CCOc1ccc(C(=O)N/N=C/c2cc(Br)c(OS(=O)(=O)c3ccccc3)c(OC)c2)cc1OC. The van der Waals surface area contributed by atoms with E-state index in [2.05, 4.69) is 33.0 Å². The van der Waals surface area contributed by atoms with Crippen LogP contribution in [0.15, 0.2) is 87.8 Å². The molecule has 36 heavy (non-hydrogen) atoms. The molecule has 0 saturated carbocycles. The highest BCUT2D eigenvalue weighted by atomic mass is 79.9. The van der Waals surface area contributed by atoms with Crippen molar-refractivity contribution in [2.75, 3.05) is 20.8 Å². The van der Waals surface area contributed by atoms with Gasteiger partial charge in [0.1, 0.15) is 11.5 Å². The number of carbonyl (C=O) groups excluding carboxylic acids is 1. The van der Waals surface area contributed by atoms with E-state index in [1.54, 1.807) is 42.5 Å². The van der Waals surface area contributed by atoms with Gasteiger partial charge in [0.15, 0.2) is 23.0 Å². The molecule has 0 heterocycles. The van der Waals surface area contributed by atoms with Crippen LogP contribution in [-0.2, 0) is 10.1 Å². The second-order valence-electron chi connectivity index (χ2n) is 7.05. The van der Waals surface area contributed by atoms with Gasteiger partial charge in [-0.05, 0) is 64.0 Å². The second-order valence-corrected chi connectivity index (χ2v) is 9.45. The summed E-state index contributed by atoms with van der Waals surface area (Å²) in [5.41, 5.74) is 3.24. The summed E-state index contributed by atoms with van der Waals surface area (Å²) in [4.78, 5) is 12.5. The van der Waals surface area contributed by atoms with Gasteiger partial charge in [-0.3, -0.25) is 4.79 Å². The van der Waals surface area contributed by atoms with Crippen molar-refractivity contribution in [2.24, 2.45) is 5.10 Å². The van der Waals surface area contributed by atoms with Crippen LogP contribution >= 0.6 is 15.9 Å². The predicted molar refractivity (Wildman–Crippen MR) is 139 cm³/mol. The number of hydrogen-bond donors (Lipinski definition) is 1. The molecular formula is C25H23BrN2O7S. The minimum Gasteiger partial charge on any atom is -0.493 e. The van der Waals surface area contributed by atoms with Crippen molar-refractivity contribution in [1.29, 1.82) is 0 Å². The number of nitrogens with one attached hydrogen (secondary N) is 1. The van der Waals surface area contributed by atoms with E-state index in [0.29, 0.717) is 33.7 Å². The molecular weight excluding hydrogens is 552 g/mol. The van der Waals surface area contributed by atoms with Gasteiger partial charge in [-0.25, -0.2) is 5.43 Å². The number of rotatable bonds is 11. The van der Waals surface area contributed by atoms with Crippen LogP contribution in [0.5, 0.6) is 23.0 Å². The maximum absolute atomic E-state index is 12.6. The Kier molecular flexibility index (Phi) is 9.09. The lowest BCUT2D eigenvalue weighted by molar-refractivity contribution is 0.0954. The van der Waals surface area contributed by atoms with Crippen LogP contribution in [0.1, 0.15) is 15.9 Å². The smallest absolute Gasteiger partial charge is 0.339 e. The van der Waals surface area contributed by atoms with Crippen LogP contribution < -0.4 is 23.8 Å². The van der Waals surface area contributed by atoms with Crippen LogP contribution in [0.2, 0.25) is 0 Å². The van der Waals surface area contributed by atoms with E-state index >= 15 is 0 Å². The molecule has 0 aliphatic rings. The number of halogens is 1. The zero-order valence-corrected chi connectivity index (χ0v) is 21.8. The van der Waals surface area contributed by atoms with Crippen LogP contribution in [0.3, 0.4) is 0 Å². The lowest BCUT2D eigenvalue weighted by Gasteiger charge is -2.13. The summed E-state index contributed by atoms with van der Waals surface area (Å²) in [6, 6.07) is 15.6. The fourth-order valence-electron chi connectivity index (χ4n) is 2.95. The molecule has 11 heteroatoms. The number of carbonyl (C=O) groups is 1. The zero-order valence-electron chi connectivity index (χ0n) is 19.4. The first-order valence-electron chi connectivity index (χ1n) is 10.4. The number of nitrogens with zero attached hydrogens (tertiary/aromatic N) is 1. The number of hydrazone groups is 1. The van der Waals surface area contributed by atoms with Gasteiger partial charge in [-0.15, -0.1) is 0 Å². The molecule has 0 aliphatic carbocycles. The first-order valence-corrected chi connectivity index (χ1v) is 12.6. The minimum atomic E-state index is -4.08. The first kappa shape index (κ1) is 26.8. The highest BCUT2D eigenvalue weighted by Gasteiger charge is 2.21. The van der Waals surface area contributed by atoms with Crippen molar-refractivity contribution in [1.82, 2.24) is 5.43 Å². The Morgan fingerprint density at radius 1 is 1.03 bits per heavy atom. The van der Waals surface area contributed by atoms with Crippen LogP contribution in [-0.4, -0.2) is 41.4 Å². The molecule has 0 radical (unpaired) electrons. The highest BCUT2D eigenvalue weighted by molar-refractivity contribution is 9.10. The van der Waals surface area contributed by atoms with Gasteiger partial charge in [0.25, 0.3) is 5.91 Å². The predicted octanol–water partition coefficient (Wildman–Crippen LogP) is 4.56. The molecule has 0 saturated heterocycles. The number of ether oxygens (including phenoxy) is 3. The normalized spacial score (nSPS) is 11.1. The Labute approximate surface area is 217 Å². The van der Waals surface area contributed by atoms with Crippen molar-refractivity contribution in [3.05, 3.63) is 88.9 Å². The van der Waals surface area contributed by atoms with E-state index in [4.69, 9.17) is 18.4 Å². The van der Waals surface area contributed by atoms with Crippen molar-refractivity contribution in [3.63, 3.8) is 0 Å². The highest BCUT2D eigenvalue weighted by Crippen LogP contribution is 2.38. The molecule has 1 N–H and O–H groups in total. The summed E-state index contributed by atoms with van der Waals surface area (Å²) in [6.07, 6.45) is 2.97. The standard InChI is InChI=1S/C25H23BrN2O7S/c1-4-12-34-21-11-10-18(15-22(21)32-2)25(29)28-27-16-17-13-20(26)24(23(14-17)33-3)35-36(30,31)19-8-6-5-7-9-19/h4-11,13-16H,1,12H2,2-3H3,(H,28,29)/b27-16+. The fraction of sp³-hybridized carbons (Fsp3) is 0.120. The molecule has 3 rings (SSSR count). The first-order chi connectivity index (χ1) is 17.3. The molecule has 0 aromatic heterocycles. The summed E-state index contributed by atoms with van der Waals surface area (Å²) >= 11 is 3.31. The van der Waals surface area contributed by atoms with Gasteiger partial charge in [0.05, 0.1) is 24.9 Å². The largest absolute Gasteiger partial charge is 0.493 e. The number of benzene rings is 3. The Hall–Kier alpha value is -3.83. The van der Waals surface area contributed by atoms with E-state index in [-0.39, 0.29) is 16.4 Å². The van der Waals surface area contributed by atoms with Crippen molar-refractivity contribution >= 4 is 38.2 Å². The van der Waals surface area contributed by atoms with Crippen molar-refractivity contribution in [3.8, 4) is 23.0 Å². The number of methoxy groups -OCH3 is 2. The van der Waals surface area contributed by atoms with Gasteiger partial charge in [-0.1, -0.05) is 30.9 Å². The molecule has 0 spiro atoms. The third kappa shape index (κ3) is 6.64. The van der Waals surface area contributed by atoms with Gasteiger partial charge in [0, 0.05) is 5.56 Å².